The maximum Gasteiger partial charge on any atom is 0.162 e. The number of aromatic nitrogens is 2. The number of rotatable bonds is 1. The number of nitrogens with zero attached hydrogens (tertiary/aromatic N) is 2. The van der Waals surface area contributed by atoms with Gasteiger partial charge in [0, 0.05) is 26.6 Å². The Kier molecular flexibility index (Phi) is 4.14. The lowest BCUT2D eigenvalue weighted by Gasteiger charge is -1.87. The molecule has 5 nitrogen and oxygen atoms in total. The van der Waals surface area contributed by atoms with Crippen LogP contribution in [0.2, 0.25) is 0 Å². The maximum atomic E-state index is 10.5. The minimum Gasteiger partial charge on any atom is -0.396 e. The summed E-state index contributed by atoms with van der Waals surface area (Å²) in [4.78, 5) is 19.7. The summed E-state index contributed by atoms with van der Waals surface area (Å²) >= 11 is 1.26. The quantitative estimate of drug-likeness (QED) is 0.741. The fourth-order valence-corrected chi connectivity index (χ4v) is 1.78. The molecule has 0 aliphatic heterocycles. The van der Waals surface area contributed by atoms with E-state index in [1.54, 1.807) is 26.6 Å². The summed E-state index contributed by atoms with van der Waals surface area (Å²) in [5.41, 5.74) is 6.67. The Bertz CT molecular complexity index is 456. The molecule has 0 atom stereocenters. The molecule has 0 unspecified atom stereocenters. The number of hydrogen-bond donors (Lipinski definition) is 1. The number of fused-ring (bicyclic) bond motifs is 1. The first-order valence-electron chi connectivity index (χ1n) is 4.08. The summed E-state index contributed by atoms with van der Waals surface area (Å²) in [5, 5.41) is 0. The van der Waals surface area contributed by atoms with Crippen LogP contribution in [0.4, 0.5) is 5.69 Å². The smallest absolute Gasteiger partial charge is 0.162 e. The van der Waals surface area contributed by atoms with Gasteiger partial charge in [-0.2, -0.15) is 0 Å². The van der Waals surface area contributed by atoms with Crippen LogP contribution in [-0.2, 0) is 4.74 Å². The molecule has 2 aromatic heterocycles. The zero-order valence-corrected chi connectivity index (χ0v) is 9.25. The second-order valence-electron chi connectivity index (χ2n) is 2.62. The van der Waals surface area contributed by atoms with Gasteiger partial charge in [-0.15, -0.1) is 11.3 Å². The molecule has 2 heterocycles. The van der Waals surface area contributed by atoms with Crippen molar-refractivity contribution in [2.45, 2.75) is 0 Å². The molecule has 0 fully saturated rings. The minimum atomic E-state index is 0.429. The van der Waals surface area contributed by atoms with Crippen LogP contribution in [0.1, 0.15) is 9.67 Å². The molecule has 0 radical (unpaired) electrons. The molecular weight excluding hydrogens is 214 g/mol. The van der Waals surface area contributed by atoms with Crippen molar-refractivity contribution in [2.24, 2.45) is 0 Å². The number of hydrogen-bond acceptors (Lipinski definition) is 6. The SMILES string of the molecule is COC.Nc1c(C=O)sc2nccnc12. The van der Waals surface area contributed by atoms with Crippen LogP contribution in [0, 0.1) is 0 Å². The van der Waals surface area contributed by atoms with Crippen molar-refractivity contribution in [3.63, 3.8) is 0 Å². The molecular formula is C9H11N3O2S. The number of methoxy groups -OCH3 is 1. The number of anilines is 1. The van der Waals surface area contributed by atoms with Crippen molar-refractivity contribution in [1.82, 2.24) is 9.97 Å². The van der Waals surface area contributed by atoms with E-state index < -0.39 is 0 Å². The second kappa shape index (κ2) is 5.38. The average Bonchev–Trinajstić information content (AvgIpc) is 2.57. The molecule has 0 aliphatic carbocycles. The van der Waals surface area contributed by atoms with Crippen molar-refractivity contribution in [1.29, 1.82) is 0 Å². The first-order chi connectivity index (χ1) is 7.24. The van der Waals surface area contributed by atoms with Crippen molar-refractivity contribution in [3.8, 4) is 0 Å². The van der Waals surface area contributed by atoms with Crippen LogP contribution in [0.3, 0.4) is 0 Å². The topological polar surface area (TPSA) is 78.1 Å². The molecule has 0 saturated carbocycles. The molecule has 6 heteroatoms. The predicted octanol–water partition coefficient (Wildman–Crippen LogP) is 1.35. The highest BCUT2D eigenvalue weighted by Gasteiger charge is 2.09. The average molecular weight is 225 g/mol. The number of nitrogens with two attached hydrogens (primary N) is 1. The minimum absolute atomic E-state index is 0.429. The Labute approximate surface area is 90.9 Å². The van der Waals surface area contributed by atoms with Crippen LogP contribution >= 0.6 is 11.3 Å². The van der Waals surface area contributed by atoms with Gasteiger partial charge in [0.1, 0.15) is 10.3 Å². The van der Waals surface area contributed by atoms with Crippen molar-refractivity contribution in [2.75, 3.05) is 20.0 Å². The molecule has 0 aliphatic rings. The largest absolute Gasteiger partial charge is 0.396 e. The number of ether oxygens (including phenoxy) is 1. The van der Waals surface area contributed by atoms with Crippen LogP contribution < -0.4 is 5.73 Å². The van der Waals surface area contributed by atoms with Crippen molar-refractivity contribution < 1.29 is 9.53 Å². The van der Waals surface area contributed by atoms with Crippen LogP contribution in [0.25, 0.3) is 10.3 Å². The Morgan fingerprint density at radius 2 is 2.00 bits per heavy atom. The summed E-state index contributed by atoms with van der Waals surface area (Å²) in [7, 11) is 3.25. The fraction of sp³-hybridized carbons (Fsp3) is 0.222. The van der Waals surface area contributed by atoms with Crippen molar-refractivity contribution in [3.05, 3.63) is 17.3 Å². The van der Waals surface area contributed by atoms with Crippen molar-refractivity contribution >= 4 is 33.7 Å². The van der Waals surface area contributed by atoms with E-state index in [1.807, 2.05) is 0 Å². The predicted molar refractivity (Wildman–Crippen MR) is 60.1 cm³/mol. The van der Waals surface area contributed by atoms with E-state index in [0.29, 0.717) is 20.9 Å². The summed E-state index contributed by atoms with van der Waals surface area (Å²) in [6.07, 6.45) is 3.86. The zero-order valence-electron chi connectivity index (χ0n) is 8.43. The summed E-state index contributed by atoms with van der Waals surface area (Å²) in [6, 6.07) is 0. The third-order valence-electron chi connectivity index (χ3n) is 1.50. The highest BCUT2D eigenvalue weighted by atomic mass is 32.1. The van der Waals surface area contributed by atoms with Gasteiger partial charge >= 0.3 is 0 Å². The zero-order chi connectivity index (χ0) is 11.3. The van der Waals surface area contributed by atoms with Gasteiger partial charge in [0.2, 0.25) is 0 Å². The van der Waals surface area contributed by atoms with Gasteiger partial charge < -0.3 is 10.5 Å². The van der Waals surface area contributed by atoms with Gasteiger partial charge in [-0.3, -0.25) is 4.79 Å². The Morgan fingerprint density at radius 3 is 2.53 bits per heavy atom. The number of aldehydes is 1. The highest BCUT2D eigenvalue weighted by Crippen LogP contribution is 2.28. The molecule has 2 aromatic rings. The normalized spacial score (nSPS) is 9.47. The monoisotopic (exact) mass is 225 g/mol. The van der Waals surface area contributed by atoms with E-state index in [4.69, 9.17) is 5.73 Å². The molecule has 80 valence electrons. The lowest BCUT2D eigenvalue weighted by Crippen LogP contribution is -1.88. The molecule has 2 rings (SSSR count). The molecule has 0 saturated heterocycles. The van der Waals surface area contributed by atoms with Crippen LogP contribution in [0.5, 0.6) is 0 Å². The van der Waals surface area contributed by atoms with E-state index in [9.17, 15) is 4.79 Å². The molecule has 15 heavy (non-hydrogen) atoms. The standard InChI is InChI=1S/C7H5N3OS.C2H6O/c8-5-4(3-11)12-7-6(5)9-1-2-10-7;1-3-2/h1-3H,8H2;1-2H3. The lowest BCUT2D eigenvalue weighted by molar-refractivity contribution is 0.112. The van der Waals surface area contributed by atoms with Crippen LogP contribution in [-0.4, -0.2) is 30.5 Å². The molecule has 0 amide bonds. The summed E-state index contributed by atoms with van der Waals surface area (Å²) in [6.45, 7) is 0. The first kappa shape index (κ1) is 11.5. The molecule has 0 spiro atoms. The van der Waals surface area contributed by atoms with E-state index in [-0.39, 0.29) is 0 Å². The molecule has 0 aromatic carbocycles. The van der Waals surface area contributed by atoms with Crippen LogP contribution in [0.15, 0.2) is 12.4 Å². The third kappa shape index (κ3) is 2.48. The number of carbonyl (C=O) groups is 1. The Morgan fingerprint density at radius 1 is 1.40 bits per heavy atom. The lowest BCUT2D eigenvalue weighted by atomic mass is 10.4. The molecule has 0 bridgehead atoms. The maximum absolute atomic E-state index is 10.5. The third-order valence-corrected chi connectivity index (χ3v) is 2.53. The van der Waals surface area contributed by atoms with Gasteiger partial charge in [-0.25, -0.2) is 9.97 Å². The van der Waals surface area contributed by atoms with E-state index >= 15 is 0 Å². The Balaban J connectivity index is 0.000000337. The summed E-state index contributed by atoms with van der Waals surface area (Å²) in [5.74, 6) is 0. The summed E-state index contributed by atoms with van der Waals surface area (Å²) < 4.78 is 4.25. The molecule has 2 N–H and O–H groups in total. The number of nitrogen functional groups attached to an aromatic ring is 1. The number of carbonyl (C=O) groups excluding carboxylic acids is 1. The fourth-order valence-electron chi connectivity index (χ4n) is 0.948. The highest BCUT2D eigenvalue weighted by molar-refractivity contribution is 7.20. The van der Waals surface area contributed by atoms with E-state index in [2.05, 4.69) is 14.7 Å². The van der Waals surface area contributed by atoms with Gasteiger partial charge in [-0.05, 0) is 0 Å². The van der Waals surface area contributed by atoms with Gasteiger partial charge in [0.15, 0.2) is 6.29 Å². The van der Waals surface area contributed by atoms with E-state index in [0.717, 1.165) is 6.29 Å². The van der Waals surface area contributed by atoms with E-state index in [1.165, 1.54) is 11.3 Å². The first-order valence-corrected chi connectivity index (χ1v) is 4.90. The number of thiophene rings is 1. The van der Waals surface area contributed by atoms with Gasteiger partial charge in [0.05, 0.1) is 10.6 Å². The van der Waals surface area contributed by atoms with Gasteiger partial charge in [-0.1, -0.05) is 0 Å². The van der Waals surface area contributed by atoms with Gasteiger partial charge in [0.25, 0.3) is 0 Å². The second-order valence-corrected chi connectivity index (χ2v) is 3.65. The Hall–Kier alpha value is -1.53.